The zero-order valence-electron chi connectivity index (χ0n) is 8.98. The fourth-order valence-corrected chi connectivity index (χ4v) is 1.77. The summed E-state index contributed by atoms with van der Waals surface area (Å²) in [5.41, 5.74) is 3.94. The van der Waals surface area contributed by atoms with Crippen LogP contribution in [0.15, 0.2) is 48.7 Å². The van der Waals surface area contributed by atoms with Gasteiger partial charge in [0.1, 0.15) is 0 Å². The van der Waals surface area contributed by atoms with E-state index < -0.39 is 0 Å². The molecule has 0 atom stereocenters. The number of hydrogen-bond acceptors (Lipinski definition) is 1. The third-order valence-electron chi connectivity index (χ3n) is 2.60. The first-order valence-electron chi connectivity index (χ1n) is 5.37. The molecule has 0 amide bonds. The molecule has 15 heavy (non-hydrogen) atoms. The fourth-order valence-electron chi connectivity index (χ4n) is 1.77. The number of aromatic nitrogens is 1. The lowest BCUT2D eigenvalue weighted by atomic mass is 10.0. The number of hydrogen-bond donors (Lipinski definition) is 0. The summed E-state index contributed by atoms with van der Waals surface area (Å²) in [6.07, 6.45) is 3.87. The van der Waals surface area contributed by atoms with Crippen molar-refractivity contribution in [1.82, 2.24) is 4.98 Å². The van der Waals surface area contributed by atoms with Crippen LogP contribution in [0, 0.1) is 0 Å². The van der Waals surface area contributed by atoms with Crippen LogP contribution in [0.25, 0.3) is 0 Å². The van der Waals surface area contributed by atoms with Gasteiger partial charge in [0.25, 0.3) is 0 Å². The molecule has 0 radical (unpaired) electrons. The summed E-state index contributed by atoms with van der Waals surface area (Å²) in [6, 6.07) is 14.6. The third kappa shape index (κ3) is 2.44. The Morgan fingerprint density at radius 1 is 0.933 bits per heavy atom. The van der Waals surface area contributed by atoms with E-state index >= 15 is 0 Å². The highest BCUT2D eigenvalue weighted by atomic mass is 14.7. The molecular formula is C14H15N. The second kappa shape index (κ2) is 4.74. The first-order chi connectivity index (χ1) is 7.40. The van der Waals surface area contributed by atoms with Crippen LogP contribution >= 0.6 is 0 Å². The van der Waals surface area contributed by atoms with Crippen LogP contribution in [-0.2, 0) is 12.8 Å². The van der Waals surface area contributed by atoms with E-state index in [1.165, 1.54) is 11.1 Å². The molecule has 0 aliphatic carbocycles. The van der Waals surface area contributed by atoms with Gasteiger partial charge in [0.2, 0.25) is 0 Å². The average molecular weight is 197 g/mol. The van der Waals surface area contributed by atoms with Gasteiger partial charge in [0.05, 0.1) is 0 Å². The van der Waals surface area contributed by atoms with E-state index in [1.54, 1.807) is 0 Å². The standard InChI is InChI=1S/C14H15N/c1-2-12-7-3-4-8-13(12)11-14-9-5-6-10-15-14/h3-10H,2,11H2,1H3. The summed E-state index contributed by atoms with van der Waals surface area (Å²) in [4.78, 5) is 4.35. The lowest BCUT2D eigenvalue weighted by Gasteiger charge is -2.06. The van der Waals surface area contributed by atoms with Crippen LogP contribution in [0.4, 0.5) is 0 Å². The van der Waals surface area contributed by atoms with Crippen molar-refractivity contribution in [3.05, 3.63) is 65.5 Å². The summed E-state index contributed by atoms with van der Waals surface area (Å²) in [7, 11) is 0. The van der Waals surface area contributed by atoms with Gasteiger partial charge in [-0.15, -0.1) is 0 Å². The second-order valence-corrected chi connectivity index (χ2v) is 3.62. The highest BCUT2D eigenvalue weighted by Crippen LogP contribution is 2.13. The maximum Gasteiger partial charge on any atom is 0.0447 e. The minimum atomic E-state index is 0.935. The minimum Gasteiger partial charge on any atom is -0.261 e. The Morgan fingerprint density at radius 2 is 1.67 bits per heavy atom. The molecule has 0 aliphatic rings. The molecule has 1 nitrogen and oxygen atoms in total. The van der Waals surface area contributed by atoms with E-state index in [0.29, 0.717) is 0 Å². The molecular weight excluding hydrogens is 182 g/mol. The van der Waals surface area contributed by atoms with Crippen molar-refractivity contribution in [3.8, 4) is 0 Å². The molecule has 1 aromatic carbocycles. The molecule has 1 aromatic heterocycles. The molecule has 0 N–H and O–H groups in total. The van der Waals surface area contributed by atoms with Gasteiger partial charge in [-0.05, 0) is 29.7 Å². The SMILES string of the molecule is CCc1ccccc1Cc1ccccn1. The molecule has 1 heterocycles. The molecule has 2 aromatic rings. The Labute approximate surface area is 90.8 Å². The lowest BCUT2D eigenvalue weighted by molar-refractivity contribution is 1.02. The summed E-state index contributed by atoms with van der Waals surface area (Å²) in [6.45, 7) is 2.19. The molecule has 0 unspecified atom stereocenters. The molecule has 2 rings (SSSR count). The third-order valence-corrected chi connectivity index (χ3v) is 2.60. The van der Waals surface area contributed by atoms with Crippen molar-refractivity contribution in [2.75, 3.05) is 0 Å². The number of nitrogens with zero attached hydrogens (tertiary/aromatic N) is 1. The Hall–Kier alpha value is -1.63. The quantitative estimate of drug-likeness (QED) is 0.736. The number of benzene rings is 1. The highest BCUT2D eigenvalue weighted by Gasteiger charge is 2.01. The van der Waals surface area contributed by atoms with Crippen LogP contribution < -0.4 is 0 Å². The Morgan fingerprint density at radius 3 is 2.33 bits per heavy atom. The van der Waals surface area contributed by atoms with Crippen molar-refractivity contribution < 1.29 is 0 Å². The van der Waals surface area contributed by atoms with Crippen molar-refractivity contribution in [2.45, 2.75) is 19.8 Å². The van der Waals surface area contributed by atoms with E-state index in [-0.39, 0.29) is 0 Å². The number of pyridine rings is 1. The van der Waals surface area contributed by atoms with E-state index in [0.717, 1.165) is 18.5 Å². The number of aryl methyl sites for hydroxylation is 1. The fraction of sp³-hybridized carbons (Fsp3) is 0.214. The van der Waals surface area contributed by atoms with Gasteiger partial charge in [-0.1, -0.05) is 37.3 Å². The monoisotopic (exact) mass is 197 g/mol. The normalized spacial score (nSPS) is 10.2. The van der Waals surface area contributed by atoms with Crippen LogP contribution in [-0.4, -0.2) is 4.98 Å². The van der Waals surface area contributed by atoms with Gasteiger partial charge >= 0.3 is 0 Å². The first-order valence-corrected chi connectivity index (χ1v) is 5.37. The van der Waals surface area contributed by atoms with E-state index in [4.69, 9.17) is 0 Å². The molecule has 0 aliphatic heterocycles. The van der Waals surface area contributed by atoms with Crippen LogP contribution in [0.2, 0.25) is 0 Å². The molecule has 0 saturated heterocycles. The predicted molar refractivity (Wildman–Crippen MR) is 62.9 cm³/mol. The average Bonchev–Trinajstić information content (AvgIpc) is 2.31. The molecule has 0 fully saturated rings. The summed E-state index contributed by atoms with van der Waals surface area (Å²) in [5, 5.41) is 0. The maximum absolute atomic E-state index is 4.35. The predicted octanol–water partition coefficient (Wildman–Crippen LogP) is 3.23. The van der Waals surface area contributed by atoms with Crippen molar-refractivity contribution in [1.29, 1.82) is 0 Å². The summed E-state index contributed by atoms with van der Waals surface area (Å²) >= 11 is 0. The van der Waals surface area contributed by atoms with Gasteiger partial charge in [-0.3, -0.25) is 4.98 Å². The van der Waals surface area contributed by atoms with E-state index in [9.17, 15) is 0 Å². The minimum absolute atomic E-state index is 0.935. The van der Waals surface area contributed by atoms with Gasteiger partial charge in [0, 0.05) is 18.3 Å². The zero-order valence-corrected chi connectivity index (χ0v) is 8.98. The Balaban J connectivity index is 2.24. The van der Waals surface area contributed by atoms with Crippen LogP contribution in [0.5, 0.6) is 0 Å². The largest absolute Gasteiger partial charge is 0.261 e. The van der Waals surface area contributed by atoms with Gasteiger partial charge < -0.3 is 0 Å². The summed E-state index contributed by atoms with van der Waals surface area (Å²) < 4.78 is 0. The molecule has 0 bridgehead atoms. The molecule has 1 heteroatoms. The first kappa shape index (κ1) is 9.91. The molecule has 0 saturated carbocycles. The number of rotatable bonds is 3. The smallest absolute Gasteiger partial charge is 0.0447 e. The lowest BCUT2D eigenvalue weighted by Crippen LogP contribution is -1.95. The molecule has 0 spiro atoms. The van der Waals surface area contributed by atoms with Crippen molar-refractivity contribution >= 4 is 0 Å². The van der Waals surface area contributed by atoms with E-state index in [2.05, 4.69) is 42.2 Å². The topological polar surface area (TPSA) is 12.9 Å². The maximum atomic E-state index is 4.35. The van der Waals surface area contributed by atoms with E-state index in [1.807, 2.05) is 18.3 Å². The van der Waals surface area contributed by atoms with Gasteiger partial charge in [-0.2, -0.15) is 0 Å². The van der Waals surface area contributed by atoms with Crippen molar-refractivity contribution in [3.63, 3.8) is 0 Å². The van der Waals surface area contributed by atoms with Crippen LogP contribution in [0.1, 0.15) is 23.7 Å². The van der Waals surface area contributed by atoms with Crippen LogP contribution in [0.3, 0.4) is 0 Å². The summed E-state index contributed by atoms with van der Waals surface area (Å²) in [5.74, 6) is 0. The highest BCUT2D eigenvalue weighted by molar-refractivity contribution is 5.30. The van der Waals surface area contributed by atoms with Gasteiger partial charge in [0.15, 0.2) is 0 Å². The Bertz CT molecular complexity index is 420. The zero-order chi connectivity index (χ0) is 10.5. The Kier molecular flexibility index (Phi) is 3.13. The van der Waals surface area contributed by atoms with Gasteiger partial charge in [-0.25, -0.2) is 0 Å². The second-order valence-electron chi connectivity index (χ2n) is 3.62. The van der Waals surface area contributed by atoms with Crippen molar-refractivity contribution in [2.24, 2.45) is 0 Å². The molecule has 76 valence electrons.